The highest BCUT2D eigenvalue weighted by molar-refractivity contribution is 5.98. The highest BCUT2D eigenvalue weighted by Crippen LogP contribution is 2.12. The summed E-state index contributed by atoms with van der Waals surface area (Å²) in [4.78, 5) is 28.2. The van der Waals surface area contributed by atoms with E-state index in [1.165, 1.54) is 7.11 Å². The summed E-state index contributed by atoms with van der Waals surface area (Å²) >= 11 is 0. The number of carbonyl (C=O) groups is 2. The van der Waals surface area contributed by atoms with E-state index in [0.29, 0.717) is 5.71 Å². The molecule has 0 aliphatic heterocycles. The fraction of sp³-hybridized carbons (Fsp3) is 0.438. The summed E-state index contributed by atoms with van der Waals surface area (Å²) in [5, 5.41) is 6.39. The second kappa shape index (κ2) is 8.17. The standard InChI is InChI=1S/C16H22N2O5/c1-11(12-6-8-13(21-4)9-7-12)18-23-10-14(19)17-16(2,3)15(20)22-5/h6-9H,10H2,1-5H3,(H,17,19). The lowest BCUT2D eigenvalue weighted by Crippen LogP contribution is -2.51. The Morgan fingerprint density at radius 2 is 1.78 bits per heavy atom. The molecule has 0 spiro atoms. The summed E-state index contributed by atoms with van der Waals surface area (Å²) in [6, 6.07) is 7.28. The molecule has 7 heteroatoms. The van der Waals surface area contributed by atoms with E-state index in [2.05, 4.69) is 15.2 Å². The van der Waals surface area contributed by atoms with E-state index in [0.717, 1.165) is 11.3 Å². The van der Waals surface area contributed by atoms with Crippen LogP contribution in [0.15, 0.2) is 29.4 Å². The Morgan fingerprint density at radius 3 is 2.30 bits per heavy atom. The van der Waals surface area contributed by atoms with Crippen LogP contribution in [0.5, 0.6) is 5.75 Å². The molecule has 1 N–H and O–H groups in total. The Morgan fingerprint density at radius 1 is 1.17 bits per heavy atom. The van der Waals surface area contributed by atoms with Crippen molar-refractivity contribution in [3.8, 4) is 5.75 Å². The van der Waals surface area contributed by atoms with Crippen LogP contribution in [-0.2, 0) is 19.2 Å². The molecule has 0 aliphatic rings. The number of oxime groups is 1. The molecule has 0 bridgehead atoms. The summed E-state index contributed by atoms with van der Waals surface area (Å²) in [6.07, 6.45) is 0. The fourth-order valence-electron chi connectivity index (χ4n) is 1.76. The number of nitrogens with one attached hydrogen (secondary N) is 1. The molecule has 0 radical (unpaired) electrons. The van der Waals surface area contributed by atoms with E-state index in [-0.39, 0.29) is 6.61 Å². The van der Waals surface area contributed by atoms with Gasteiger partial charge in [-0.1, -0.05) is 5.16 Å². The third kappa shape index (κ3) is 5.61. The first-order valence-electron chi connectivity index (χ1n) is 7.00. The van der Waals surface area contributed by atoms with E-state index in [1.54, 1.807) is 40.0 Å². The SMILES string of the molecule is COC(=O)C(C)(C)NC(=O)CON=C(C)c1ccc(OC)cc1. The van der Waals surface area contributed by atoms with Gasteiger partial charge in [0.05, 0.1) is 19.9 Å². The van der Waals surface area contributed by atoms with E-state index in [9.17, 15) is 9.59 Å². The molecule has 0 atom stereocenters. The number of hydrogen-bond donors (Lipinski definition) is 1. The van der Waals surface area contributed by atoms with Crippen LogP contribution in [0.25, 0.3) is 0 Å². The Hall–Kier alpha value is -2.57. The molecule has 23 heavy (non-hydrogen) atoms. The van der Waals surface area contributed by atoms with Gasteiger partial charge < -0.3 is 19.6 Å². The van der Waals surface area contributed by atoms with Gasteiger partial charge in [-0.25, -0.2) is 4.79 Å². The predicted octanol–water partition coefficient (Wildman–Crippen LogP) is 1.50. The number of carbonyl (C=O) groups excluding carboxylic acids is 2. The molecule has 1 aromatic rings. The van der Waals surface area contributed by atoms with Gasteiger partial charge in [0.2, 0.25) is 0 Å². The fourth-order valence-corrected chi connectivity index (χ4v) is 1.76. The molecule has 0 saturated carbocycles. The molecule has 1 rings (SSSR count). The first kappa shape index (κ1) is 18.5. The number of nitrogens with zero attached hydrogens (tertiary/aromatic N) is 1. The zero-order chi connectivity index (χ0) is 17.5. The molecule has 0 aromatic heterocycles. The number of benzene rings is 1. The molecule has 7 nitrogen and oxygen atoms in total. The van der Waals surface area contributed by atoms with Crippen molar-refractivity contribution in [1.29, 1.82) is 0 Å². The third-order valence-corrected chi connectivity index (χ3v) is 3.05. The van der Waals surface area contributed by atoms with Gasteiger partial charge in [0, 0.05) is 0 Å². The van der Waals surface area contributed by atoms with Gasteiger partial charge >= 0.3 is 5.97 Å². The normalized spacial score (nSPS) is 11.6. The Balaban J connectivity index is 2.53. The van der Waals surface area contributed by atoms with Crippen LogP contribution in [0.2, 0.25) is 0 Å². The van der Waals surface area contributed by atoms with Crippen LogP contribution in [0.3, 0.4) is 0 Å². The van der Waals surface area contributed by atoms with E-state index in [4.69, 9.17) is 9.57 Å². The molecular formula is C16H22N2O5. The average Bonchev–Trinajstić information content (AvgIpc) is 2.53. The summed E-state index contributed by atoms with van der Waals surface area (Å²) in [7, 11) is 2.85. The molecule has 0 aliphatic carbocycles. The molecule has 0 unspecified atom stereocenters. The monoisotopic (exact) mass is 322 g/mol. The zero-order valence-corrected chi connectivity index (χ0v) is 14.0. The van der Waals surface area contributed by atoms with E-state index < -0.39 is 17.4 Å². The topological polar surface area (TPSA) is 86.2 Å². The summed E-state index contributed by atoms with van der Waals surface area (Å²) in [6.45, 7) is 4.55. The minimum Gasteiger partial charge on any atom is -0.497 e. The van der Waals surface area contributed by atoms with Gasteiger partial charge in [0.1, 0.15) is 11.3 Å². The summed E-state index contributed by atoms with van der Waals surface area (Å²) in [5.41, 5.74) is 0.345. The van der Waals surface area contributed by atoms with Crippen molar-refractivity contribution in [2.24, 2.45) is 5.16 Å². The molecular weight excluding hydrogens is 300 g/mol. The van der Waals surface area contributed by atoms with Crippen LogP contribution in [-0.4, -0.2) is 44.0 Å². The lowest BCUT2D eigenvalue weighted by molar-refractivity contribution is -0.150. The van der Waals surface area contributed by atoms with Gasteiger partial charge in [0.25, 0.3) is 5.91 Å². The number of ether oxygens (including phenoxy) is 2. The summed E-state index contributed by atoms with van der Waals surface area (Å²) < 4.78 is 9.68. The minimum absolute atomic E-state index is 0.298. The number of methoxy groups -OCH3 is 2. The van der Waals surface area contributed by atoms with Gasteiger partial charge in [-0.15, -0.1) is 0 Å². The van der Waals surface area contributed by atoms with E-state index in [1.807, 2.05) is 12.1 Å². The van der Waals surface area contributed by atoms with Crippen LogP contribution < -0.4 is 10.1 Å². The van der Waals surface area contributed by atoms with Crippen molar-refractivity contribution in [2.75, 3.05) is 20.8 Å². The Labute approximate surface area is 135 Å². The molecule has 0 heterocycles. The van der Waals surface area contributed by atoms with Crippen molar-refractivity contribution in [3.05, 3.63) is 29.8 Å². The number of esters is 1. The van der Waals surface area contributed by atoms with Crippen LogP contribution in [0.1, 0.15) is 26.3 Å². The summed E-state index contributed by atoms with van der Waals surface area (Å²) in [5.74, 6) is -0.262. The minimum atomic E-state index is -1.12. The predicted molar refractivity (Wildman–Crippen MR) is 85.4 cm³/mol. The number of rotatable bonds is 7. The lowest BCUT2D eigenvalue weighted by Gasteiger charge is -2.22. The maximum Gasteiger partial charge on any atom is 0.330 e. The third-order valence-electron chi connectivity index (χ3n) is 3.05. The van der Waals surface area contributed by atoms with Crippen molar-refractivity contribution < 1.29 is 23.9 Å². The first-order chi connectivity index (χ1) is 10.8. The van der Waals surface area contributed by atoms with Gasteiger partial charge in [-0.3, -0.25) is 4.79 Å². The van der Waals surface area contributed by atoms with Crippen molar-refractivity contribution in [3.63, 3.8) is 0 Å². The van der Waals surface area contributed by atoms with Gasteiger partial charge in [0.15, 0.2) is 6.61 Å². The smallest absolute Gasteiger partial charge is 0.330 e. The van der Waals surface area contributed by atoms with Crippen LogP contribution >= 0.6 is 0 Å². The zero-order valence-electron chi connectivity index (χ0n) is 14.0. The van der Waals surface area contributed by atoms with Crippen molar-refractivity contribution in [2.45, 2.75) is 26.3 Å². The first-order valence-corrected chi connectivity index (χ1v) is 7.00. The average molecular weight is 322 g/mol. The number of amides is 1. The molecule has 0 saturated heterocycles. The Kier molecular flexibility index (Phi) is 6.56. The molecule has 0 fully saturated rings. The largest absolute Gasteiger partial charge is 0.497 e. The second-order valence-corrected chi connectivity index (χ2v) is 5.34. The molecule has 1 amide bonds. The second-order valence-electron chi connectivity index (χ2n) is 5.34. The lowest BCUT2D eigenvalue weighted by atomic mass is 10.1. The van der Waals surface area contributed by atoms with Crippen LogP contribution in [0.4, 0.5) is 0 Å². The maximum atomic E-state index is 11.8. The molecule has 126 valence electrons. The Bertz CT molecular complexity index is 579. The van der Waals surface area contributed by atoms with Gasteiger partial charge in [-0.05, 0) is 50.6 Å². The highest BCUT2D eigenvalue weighted by Gasteiger charge is 2.30. The highest BCUT2D eigenvalue weighted by atomic mass is 16.6. The van der Waals surface area contributed by atoms with Crippen LogP contribution in [0, 0.1) is 0 Å². The molecule has 1 aromatic carbocycles. The number of hydrogen-bond acceptors (Lipinski definition) is 6. The van der Waals surface area contributed by atoms with E-state index >= 15 is 0 Å². The van der Waals surface area contributed by atoms with Crippen molar-refractivity contribution >= 4 is 17.6 Å². The van der Waals surface area contributed by atoms with Gasteiger partial charge in [-0.2, -0.15) is 0 Å². The maximum absolute atomic E-state index is 11.8. The van der Waals surface area contributed by atoms with Crippen molar-refractivity contribution in [1.82, 2.24) is 5.32 Å². The quantitative estimate of drug-likeness (QED) is 0.467.